The third-order valence-corrected chi connectivity index (χ3v) is 3.30. The molecule has 0 aliphatic rings. The molecule has 0 fully saturated rings. The van der Waals surface area contributed by atoms with Crippen molar-refractivity contribution in [2.24, 2.45) is 12.8 Å². The van der Waals surface area contributed by atoms with Gasteiger partial charge < -0.3 is 10.3 Å². The van der Waals surface area contributed by atoms with Crippen molar-refractivity contribution in [1.82, 2.24) is 14.8 Å². The van der Waals surface area contributed by atoms with E-state index in [1.807, 2.05) is 23.7 Å². The standard InChI is InChI=1S/C11H14N4S/c1-15-8-13-14-11(15)7-16-10-4-2-3-9(5-10)6-12/h2-5,8H,6-7,12H2,1H3. The highest BCUT2D eigenvalue weighted by Gasteiger charge is 2.02. The SMILES string of the molecule is Cn1cnnc1CSc1cccc(CN)c1. The van der Waals surface area contributed by atoms with Crippen LogP contribution in [0.25, 0.3) is 0 Å². The molecule has 0 amide bonds. The van der Waals surface area contributed by atoms with E-state index in [4.69, 9.17) is 5.73 Å². The lowest BCUT2D eigenvalue weighted by atomic mass is 10.2. The summed E-state index contributed by atoms with van der Waals surface area (Å²) in [6.45, 7) is 0.582. The van der Waals surface area contributed by atoms with Crippen molar-refractivity contribution in [1.29, 1.82) is 0 Å². The monoisotopic (exact) mass is 234 g/mol. The van der Waals surface area contributed by atoms with Gasteiger partial charge in [0.05, 0.1) is 5.75 Å². The van der Waals surface area contributed by atoms with Gasteiger partial charge in [-0.25, -0.2) is 0 Å². The fourth-order valence-electron chi connectivity index (χ4n) is 1.35. The molecule has 0 aliphatic heterocycles. The van der Waals surface area contributed by atoms with Crippen LogP contribution in [0.2, 0.25) is 0 Å². The second-order valence-corrected chi connectivity index (χ2v) is 4.55. The van der Waals surface area contributed by atoms with Crippen LogP contribution in [-0.2, 0) is 19.3 Å². The quantitative estimate of drug-likeness (QED) is 0.816. The van der Waals surface area contributed by atoms with Gasteiger partial charge in [0.25, 0.3) is 0 Å². The van der Waals surface area contributed by atoms with E-state index in [0.717, 1.165) is 17.1 Å². The second kappa shape index (κ2) is 5.14. The van der Waals surface area contributed by atoms with Crippen LogP contribution in [0.5, 0.6) is 0 Å². The zero-order chi connectivity index (χ0) is 11.4. The molecule has 0 unspecified atom stereocenters. The van der Waals surface area contributed by atoms with Crippen LogP contribution >= 0.6 is 11.8 Å². The van der Waals surface area contributed by atoms with Crippen LogP contribution in [0.15, 0.2) is 35.5 Å². The first-order valence-corrected chi connectivity index (χ1v) is 6.03. The van der Waals surface area contributed by atoms with Crippen molar-refractivity contribution in [2.45, 2.75) is 17.2 Å². The predicted octanol–water partition coefficient (Wildman–Crippen LogP) is 1.57. The first-order valence-electron chi connectivity index (χ1n) is 5.04. The van der Waals surface area contributed by atoms with E-state index < -0.39 is 0 Å². The van der Waals surface area contributed by atoms with E-state index in [2.05, 4.69) is 22.3 Å². The van der Waals surface area contributed by atoms with E-state index >= 15 is 0 Å². The molecule has 0 bridgehead atoms. The highest BCUT2D eigenvalue weighted by molar-refractivity contribution is 7.98. The van der Waals surface area contributed by atoms with Crippen molar-refractivity contribution >= 4 is 11.8 Å². The zero-order valence-electron chi connectivity index (χ0n) is 9.13. The highest BCUT2D eigenvalue weighted by Crippen LogP contribution is 2.22. The number of nitrogens with zero attached hydrogens (tertiary/aromatic N) is 3. The molecule has 84 valence electrons. The summed E-state index contributed by atoms with van der Waals surface area (Å²) in [7, 11) is 1.95. The maximum Gasteiger partial charge on any atom is 0.142 e. The van der Waals surface area contributed by atoms with Crippen LogP contribution in [0.4, 0.5) is 0 Å². The van der Waals surface area contributed by atoms with Crippen LogP contribution in [-0.4, -0.2) is 14.8 Å². The average Bonchev–Trinajstić information content (AvgIpc) is 2.72. The molecule has 0 aliphatic carbocycles. The number of benzene rings is 1. The molecule has 0 saturated carbocycles. The molecule has 1 aromatic carbocycles. The van der Waals surface area contributed by atoms with Crippen LogP contribution in [0, 0.1) is 0 Å². The molecule has 2 N–H and O–H groups in total. The third kappa shape index (κ3) is 2.62. The lowest BCUT2D eigenvalue weighted by Crippen LogP contribution is -1.96. The summed E-state index contributed by atoms with van der Waals surface area (Å²) >= 11 is 1.74. The summed E-state index contributed by atoms with van der Waals surface area (Å²) in [4.78, 5) is 1.21. The Morgan fingerprint density at radius 3 is 3.00 bits per heavy atom. The van der Waals surface area contributed by atoms with E-state index in [9.17, 15) is 0 Å². The minimum absolute atomic E-state index is 0.582. The molecule has 1 heterocycles. The molecule has 0 saturated heterocycles. The van der Waals surface area contributed by atoms with Gasteiger partial charge >= 0.3 is 0 Å². The molecule has 5 heteroatoms. The number of thioether (sulfide) groups is 1. The Hall–Kier alpha value is -1.33. The molecular formula is C11H14N4S. The smallest absolute Gasteiger partial charge is 0.142 e. The second-order valence-electron chi connectivity index (χ2n) is 3.50. The molecule has 16 heavy (non-hydrogen) atoms. The lowest BCUT2D eigenvalue weighted by Gasteiger charge is -2.03. The maximum atomic E-state index is 5.60. The van der Waals surface area contributed by atoms with E-state index in [1.54, 1.807) is 18.1 Å². The number of hydrogen-bond donors (Lipinski definition) is 1. The number of aromatic nitrogens is 3. The van der Waals surface area contributed by atoms with Crippen molar-refractivity contribution in [3.63, 3.8) is 0 Å². The number of nitrogens with two attached hydrogens (primary N) is 1. The highest BCUT2D eigenvalue weighted by atomic mass is 32.2. The normalized spacial score (nSPS) is 10.6. The third-order valence-electron chi connectivity index (χ3n) is 2.31. The molecule has 2 rings (SSSR count). The van der Waals surface area contributed by atoms with Crippen molar-refractivity contribution in [3.05, 3.63) is 42.0 Å². The summed E-state index contributed by atoms with van der Waals surface area (Å²) in [5, 5.41) is 7.89. The number of hydrogen-bond acceptors (Lipinski definition) is 4. The molecule has 2 aromatic rings. The molecular weight excluding hydrogens is 220 g/mol. The fraction of sp³-hybridized carbons (Fsp3) is 0.273. The maximum absolute atomic E-state index is 5.60. The summed E-state index contributed by atoms with van der Waals surface area (Å²) in [5.74, 6) is 1.80. The first kappa shape index (κ1) is 11.2. The molecule has 1 aromatic heterocycles. The minimum Gasteiger partial charge on any atom is -0.326 e. The van der Waals surface area contributed by atoms with Gasteiger partial charge in [-0.2, -0.15) is 0 Å². The van der Waals surface area contributed by atoms with Crippen LogP contribution < -0.4 is 5.73 Å². The number of aryl methyl sites for hydroxylation is 1. The van der Waals surface area contributed by atoms with Crippen LogP contribution in [0.3, 0.4) is 0 Å². The van der Waals surface area contributed by atoms with Crippen molar-refractivity contribution < 1.29 is 0 Å². The van der Waals surface area contributed by atoms with Crippen molar-refractivity contribution in [3.8, 4) is 0 Å². The topological polar surface area (TPSA) is 56.7 Å². The Bertz CT molecular complexity index is 467. The van der Waals surface area contributed by atoms with Gasteiger partial charge in [-0.1, -0.05) is 12.1 Å². The molecule has 4 nitrogen and oxygen atoms in total. The van der Waals surface area contributed by atoms with E-state index in [1.165, 1.54) is 4.90 Å². The fourth-order valence-corrected chi connectivity index (χ4v) is 2.31. The summed E-state index contributed by atoms with van der Waals surface area (Å²) < 4.78 is 1.93. The average molecular weight is 234 g/mol. The Morgan fingerprint density at radius 1 is 1.44 bits per heavy atom. The van der Waals surface area contributed by atoms with E-state index in [0.29, 0.717) is 6.54 Å². The largest absolute Gasteiger partial charge is 0.326 e. The summed E-state index contributed by atoms with van der Waals surface area (Å²) in [6.07, 6.45) is 1.71. The molecule has 0 radical (unpaired) electrons. The van der Waals surface area contributed by atoms with Crippen LogP contribution in [0.1, 0.15) is 11.4 Å². The Kier molecular flexibility index (Phi) is 3.58. The van der Waals surface area contributed by atoms with E-state index in [-0.39, 0.29) is 0 Å². The Balaban J connectivity index is 2.02. The van der Waals surface area contributed by atoms with Gasteiger partial charge in [0.1, 0.15) is 12.2 Å². The molecule has 0 atom stereocenters. The molecule has 0 spiro atoms. The van der Waals surface area contributed by atoms with Gasteiger partial charge in [-0.3, -0.25) is 0 Å². The lowest BCUT2D eigenvalue weighted by molar-refractivity contribution is 0.849. The zero-order valence-corrected chi connectivity index (χ0v) is 9.94. The Labute approximate surface area is 98.9 Å². The predicted molar refractivity (Wildman–Crippen MR) is 64.9 cm³/mol. The van der Waals surface area contributed by atoms with Gasteiger partial charge in [-0.15, -0.1) is 22.0 Å². The van der Waals surface area contributed by atoms with Gasteiger partial charge in [0.15, 0.2) is 0 Å². The van der Waals surface area contributed by atoms with Gasteiger partial charge in [0, 0.05) is 18.5 Å². The van der Waals surface area contributed by atoms with Crippen molar-refractivity contribution in [2.75, 3.05) is 0 Å². The summed E-state index contributed by atoms with van der Waals surface area (Å²) in [5.41, 5.74) is 6.75. The van der Waals surface area contributed by atoms with Gasteiger partial charge in [-0.05, 0) is 17.7 Å². The first-order chi connectivity index (χ1) is 7.79. The minimum atomic E-state index is 0.582. The Morgan fingerprint density at radius 2 is 2.31 bits per heavy atom. The number of rotatable bonds is 4. The van der Waals surface area contributed by atoms with Gasteiger partial charge in [0.2, 0.25) is 0 Å². The summed E-state index contributed by atoms with van der Waals surface area (Å²) in [6, 6.07) is 8.26.